The van der Waals surface area contributed by atoms with Crippen LogP contribution in [0.1, 0.15) is 45.6 Å². The highest BCUT2D eigenvalue weighted by molar-refractivity contribution is 5.20. The minimum absolute atomic E-state index is 0.199. The van der Waals surface area contributed by atoms with Gasteiger partial charge < -0.3 is 5.32 Å². The number of nitrogens with one attached hydrogen (secondary N) is 1. The second kappa shape index (κ2) is 5.49. The summed E-state index contributed by atoms with van der Waals surface area (Å²) in [5, 5.41) is 3.40. The van der Waals surface area contributed by atoms with Crippen LogP contribution in [-0.2, 0) is 0 Å². The van der Waals surface area contributed by atoms with Crippen molar-refractivity contribution >= 4 is 0 Å². The van der Waals surface area contributed by atoms with Crippen LogP contribution in [0.3, 0.4) is 0 Å². The maximum absolute atomic E-state index is 3.40. The summed E-state index contributed by atoms with van der Waals surface area (Å²) in [4.78, 5) is 0. The summed E-state index contributed by atoms with van der Waals surface area (Å²) in [6.07, 6.45) is 1.17. The predicted molar refractivity (Wildman–Crippen MR) is 71.8 cm³/mol. The average Bonchev–Trinajstić information content (AvgIpc) is 2.27. The predicted octanol–water partition coefficient (Wildman–Crippen LogP) is 3.81. The van der Waals surface area contributed by atoms with Gasteiger partial charge in [-0.25, -0.2) is 0 Å². The van der Waals surface area contributed by atoms with Crippen LogP contribution in [-0.4, -0.2) is 12.6 Å². The second-order valence-corrected chi connectivity index (χ2v) is 5.60. The fraction of sp³-hybridized carbons (Fsp3) is 0.600. The lowest BCUT2D eigenvalue weighted by Gasteiger charge is -2.32. The first-order chi connectivity index (χ1) is 7.46. The zero-order valence-electron chi connectivity index (χ0n) is 11.2. The van der Waals surface area contributed by atoms with Crippen molar-refractivity contribution in [2.24, 2.45) is 5.92 Å². The Balaban J connectivity index is 2.85. The van der Waals surface area contributed by atoms with Crippen molar-refractivity contribution in [3.63, 3.8) is 0 Å². The Hall–Kier alpha value is -0.820. The normalized spacial score (nSPS) is 14.1. The third kappa shape index (κ3) is 3.64. The van der Waals surface area contributed by atoms with E-state index in [1.54, 1.807) is 0 Å². The fourth-order valence-corrected chi connectivity index (χ4v) is 2.09. The van der Waals surface area contributed by atoms with Gasteiger partial charge in [-0.05, 0) is 44.7 Å². The van der Waals surface area contributed by atoms with E-state index in [0.717, 1.165) is 0 Å². The van der Waals surface area contributed by atoms with Crippen molar-refractivity contribution in [3.05, 3.63) is 35.9 Å². The molecule has 90 valence electrons. The van der Waals surface area contributed by atoms with Crippen LogP contribution in [0.2, 0.25) is 0 Å². The molecule has 1 aromatic rings. The van der Waals surface area contributed by atoms with Crippen LogP contribution in [0.25, 0.3) is 0 Å². The van der Waals surface area contributed by atoms with Gasteiger partial charge in [-0.1, -0.05) is 44.2 Å². The molecule has 0 aromatic heterocycles. The van der Waals surface area contributed by atoms with Gasteiger partial charge in [-0.2, -0.15) is 0 Å². The quantitative estimate of drug-likeness (QED) is 0.794. The van der Waals surface area contributed by atoms with Crippen LogP contribution < -0.4 is 5.32 Å². The van der Waals surface area contributed by atoms with Gasteiger partial charge >= 0.3 is 0 Å². The van der Waals surface area contributed by atoms with Gasteiger partial charge in [0.2, 0.25) is 0 Å². The van der Waals surface area contributed by atoms with Gasteiger partial charge in [0.15, 0.2) is 0 Å². The standard InChI is InChI=1S/C15H25N/c1-12(2)14(11-15(3,4)16-5)13-9-7-6-8-10-13/h6-10,12,14,16H,11H2,1-5H3. The molecule has 0 heterocycles. The smallest absolute Gasteiger partial charge is 0.0128 e. The third-order valence-electron chi connectivity index (χ3n) is 3.44. The maximum atomic E-state index is 3.40. The van der Waals surface area contributed by atoms with Crippen LogP contribution in [0.4, 0.5) is 0 Å². The molecule has 1 rings (SSSR count). The summed E-state index contributed by atoms with van der Waals surface area (Å²) >= 11 is 0. The molecule has 0 aliphatic carbocycles. The summed E-state index contributed by atoms with van der Waals surface area (Å²) in [6, 6.07) is 10.9. The summed E-state index contributed by atoms with van der Waals surface area (Å²) in [7, 11) is 2.04. The Morgan fingerprint density at radius 1 is 1.12 bits per heavy atom. The number of hydrogen-bond donors (Lipinski definition) is 1. The van der Waals surface area contributed by atoms with E-state index in [1.165, 1.54) is 12.0 Å². The second-order valence-electron chi connectivity index (χ2n) is 5.60. The Kier molecular flexibility index (Phi) is 4.55. The Bertz CT molecular complexity index is 300. The average molecular weight is 219 g/mol. The molecule has 0 amide bonds. The molecule has 1 aromatic carbocycles. The molecule has 0 spiro atoms. The number of hydrogen-bond acceptors (Lipinski definition) is 1. The SMILES string of the molecule is CNC(C)(C)CC(c1ccccc1)C(C)C. The lowest BCUT2D eigenvalue weighted by Crippen LogP contribution is -2.38. The number of rotatable bonds is 5. The summed E-state index contributed by atoms with van der Waals surface area (Å²) in [5.74, 6) is 1.30. The van der Waals surface area contributed by atoms with Gasteiger partial charge in [0, 0.05) is 5.54 Å². The first-order valence-electron chi connectivity index (χ1n) is 6.20. The van der Waals surface area contributed by atoms with E-state index in [4.69, 9.17) is 0 Å². The molecule has 16 heavy (non-hydrogen) atoms. The van der Waals surface area contributed by atoms with Gasteiger partial charge in [0.1, 0.15) is 0 Å². The monoisotopic (exact) mass is 219 g/mol. The Morgan fingerprint density at radius 2 is 1.69 bits per heavy atom. The van der Waals surface area contributed by atoms with E-state index in [1.807, 2.05) is 7.05 Å². The van der Waals surface area contributed by atoms with Crippen molar-refractivity contribution in [1.29, 1.82) is 0 Å². The number of benzene rings is 1. The Morgan fingerprint density at radius 3 is 2.12 bits per heavy atom. The van der Waals surface area contributed by atoms with Crippen molar-refractivity contribution in [2.45, 2.75) is 45.6 Å². The summed E-state index contributed by atoms with van der Waals surface area (Å²) in [6.45, 7) is 9.16. The van der Waals surface area contributed by atoms with Gasteiger partial charge in [0.05, 0.1) is 0 Å². The van der Waals surface area contributed by atoms with E-state index in [0.29, 0.717) is 11.8 Å². The van der Waals surface area contributed by atoms with Crippen molar-refractivity contribution in [1.82, 2.24) is 5.32 Å². The van der Waals surface area contributed by atoms with Crippen LogP contribution >= 0.6 is 0 Å². The molecule has 1 nitrogen and oxygen atoms in total. The summed E-state index contributed by atoms with van der Waals surface area (Å²) < 4.78 is 0. The van der Waals surface area contributed by atoms with Gasteiger partial charge in [-0.3, -0.25) is 0 Å². The van der Waals surface area contributed by atoms with Crippen molar-refractivity contribution in [3.8, 4) is 0 Å². The minimum Gasteiger partial charge on any atom is -0.315 e. The fourth-order valence-electron chi connectivity index (χ4n) is 2.09. The molecule has 1 atom stereocenters. The molecule has 0 saturated heterocycles. The first-order valence-corrected chi connectivity index (χ1v) is 6.20. The lowest BCUT2D eigenvalue weighted by atomic mass is 9.79. The topological polar surface area (TPSA) is 12.0 Å². The van der Waals surface area contributed by atoms with Crippen LogP contribution in [0.5, 0.6) is 0 Å². The highest BCUT2D eigenvalue weighted by Gasteiger charge is 2.24. The zero-order valence-corrected chi connectivity index (χ0v) is 11.2. The van der Waals surface area contributed by atoms with Crippen LogP contribution in [0.15, 0.2) is 30.3 Å². The van der Waals surface area contributed by atoms with E-state index in [2.05, 4.69) is 63.3 Å². The molecule has 1 heteroatoms. The zero-order chi connectivity index (χ0) is 12.2. The molecular formula is C15H25N. The molecule has 0 saturated carbocycles. The van der Waals surface area contributed by atoms with Crippen molar-refractivity contribution in [2.75, 3.05) is 7.05 Å². The van der Waals surface area contributed by atoms with E-state index < -0.39 is 0 Å². The molecule has 1 N–H and O–H groups in total. The first kappa shape index (κ1) is 13.2. The molecule has 0 bridgehead atoms. The molecule has 0 radical (unpaired) electrons. The van der Waals surface area contributed by atoms with Crippen LogP contribution in [0, 0.1) is 5.92 Å². The molecule has 1 unspecified atom stereocenters. The van der Waals surface area contributed by atoms with E-state index in [-0.39, 0.29) is 5.54 Å². The molecule has 0 fully saturated rings. The Labute approximate surface area is 100 Å². The van der Waals surface area contributed by atoms with Crippen molar-refractivity contribution < 1.29 is 0 Å². The van der Waals surface area contributed by atoms with E-state index >= 15 is 0 Å². The highest BCUT2D eigenvalue weighted by Crippen LogP contribution is 2.32. The largest absolute Gasteiger partial charge is 0.315 e. The summed E-state index contributed by atoms with van der Waals surface area (Å²) in [5.41, 5.74) is 1.66. The maximum Gasteiger partial charge on any atom is 0.0128 e. The van der Waals surface area contributed by atoms with E-state index in [9.17, 15) is 0 Å². The van der Waals surface area contributed by atoms with Gasteiger partial charge in [0.25, 0.3) is 0 Å². The molecular weight excluding hydrogens is 194 g/mol. The minimum atomic E-state index is 0.199. The third-order valence-corrected chi connectivity index (χ3v) is 3.44. The highest BCUT2D eigenvalue weighted by atomic mass is 14.9. The van der Waals surface area contributed by atoms with Gasteiger partial charge in [-0.15, -0.1) is 0 Å². The lowest BCUT2D eigenvalue weighted by molar-refractivity contribution is 0.320. The molecule has 0 aliphatic heterocycles. The molecule has 0 aliphatic rings.